The van der Waals surface area contributed by atoms with Crippen LogP contribution in [0.4, 0.5) is 0 Å². The van der Waals surface area contributed by atoms with Crippen LogP contribution >= 0.6 is 0 Å². The van der Waals surface area contributed by atoms with Gasteiger partial charge in [-0.2, -0.15) is 18.2 Å². The summed E-state index contributed by atoms with van der Waals surface area (Å²) in [6.07, 6.45) is 5.55. The zero-order valence-electron chi connectivity index (χ0n) is 32.1. The first-order valence-corrected chi connectivity index (χ1v) is 18.2. The molecule has 3 aromatic heterocycles. The molecule has 0 atom stereocenters. The molecule has 0 bridgehead atoms. The van der Waals surface area contributed by atoms with Crippen molar-refractivity contribution in [3.63, 3.8) is 0 Å². The number of ether oxygens (including phenoxy) is 1. The fourth-order valence-electron chi connectivity index (χ4n) is 7.01. The summed E-state index contributed by atoms with van der Waals surface area (Å²) in [5.74, 6) is 2.06. The molecule has 274 valence electrons. The molecule has 3 heterocycles. The van der Waals surface area contributed by atoms with Crippen LogP contribution in [0.3, 0.4) is 0 Å². The van der Waals surface area contributed by atoms with Crippen molar-refractivity contribution in [2.75, 3.05) is 0 Å². The zero-order valence-corrected chi connectivity index (χ0v) is 34.3. The molecule has 0 aliphatic rings. The van der Waals surface area contributed by atoms with E-state index in [1.807, 2.05) is 30.5 Å². The van der Waals surface area contributed by atoms with Gasteiger partial charge in [-0.05, 0) is 82.3 Å². The average molecular weight is 888 g/mol. The molecular weight excluding hydrogens is 844 g/mol. The van der Waals surface area contributed by atoms with Gasteiger partial charge >= 0.3 is 0 Å². The molecule has 8 rings (SSSR count). The Morgan fingerprint density at radius 1 is 0.667 bits per heavy atom. The third kappa shape index (κ3) is 6.82. The molecule has 5 nitrogen and oxygen atoms in total. The first kappa shape index (κ1) is 37.1. The molecule has 0 saturated heterocycles. The molecule has 0 fully saturated rings. The Bertz CT molecular complexity index is 2640. The minimum absolute atomic E-state index is 0. The van der Waals surface area contributed by atoms with E-state index in [0.29, 0.717) is 11.5 Å². The van der Waals surface area contributed by atoms with Crippen molar-refractivity contribution < 1.29 is 30.4 Å². The predicted molar refractivity (Wildman–Crippen MR) is 215 cm³/mol. The molecule has 5 aromatic carbocycles. The fourth-order valence-corrected chi connectivity index (χ4v) is 7.01. The molecule has 6 heteroatoms. The number of benzene rings is 5. The maximum Gasteiger partial charge on any atom is 0.267 e. The maximum absolute atomic E-state index is 6.52. The Morgan fingerprint density at radius 2 is 1.37 bits per heavy atom. The van der Waals surface area contributed by atoms with Crippen molar-refractivity contribution in [1.29, 1.82) is 0 Å². The van der Waals surface area contributed by atoms with E-state index in [0.717, 1.165) is 50.4 Å². The molecule has 0 spiro atoms. The van der Waals surface area contributed by atoms with E-state index in [2.05, 4.69) is 179 Å². The molecule has 0 aliphatic heterocycles. The van der Waals surface area contributed by atoms with E-state index in [1.165, 1.54) is 22.3 Å². The summed E-state index contributed by atoms with van der Waals surface area (Å²) in [5.41, 5.74) is 10.9. The number of hydrogen-bond acceptors (Lipinski definition) is 2. The fraction of sp³-hybridized carbons (Fsp3) is 0.208. The van der Waals surface area contributed by atoms with Gasteiger partial charge in [0.1, 0.15) is 5.82 Å². The first-order valence-electron chi connectivity index (χ1n) is 18.2. The van der Waals surface area contributed by atoms with Gasteiger partial charge in [0.25, 0.3) is 6.33 Å². The van der Waals surface area contributed by atoms with Crippen molar-refractivity contribution in [3.05, 3.63) is 162 Å². The minimum Gasteiger partial charge on any atom is -0.510 e. The van der Waals surface area contributed by atoms with Crippen LogP contribution in [0, 0.1) is 32.3 Å². The number of fused-ring (bicyclic) bond motifs is 3. The Labute approximate surface area is 333 Å². The van der Waals surface area contributed by atoms with Crippen LogP contribution in [-0.2, 0) is 31.9 Å². The van der Waals surface area contributed by atoms with Gasteiger partial charge in [-0.15, -0.1) is 29.7 Å². The number of pyridine rings is 1. The van der Waals surface area contributed by atoms with Crippen LogP contribution in [-0.4, -0.2) is 14.1 Å². The largest absolute Gasteiger partial charge is 0.510 e. The molecule has 0 saturated carbocycles. The second kappa shape index (κ2) is 14.2. The number of imidazole rings is 1. The average Bonchev–Trinajstić information content (AvgIpc) is 3.64. The molecule has 8 aromatic rings. The van der Waals surface area contributed by atoms with Crippen LogP contribution in [0.15, 0.2) is 121 Å². The van der Waals surface area contributed by atoms with E-state index in [9.17, 15) is 0 Å². The van der Waals surface area contributed by atoms with Gasteiger partial charge in [0.15, 0.2) is 0 Å². The smallest absolute Gasteiger partial charge is 0.267 e. The molecule has 0 amide bonds. The first-order chi connectivity index (χ1) is 25.4. The van der Waals surface area contributed by atoms with Crippen LogP contribution < -0.4 is 9.30 Å². The number of aromatic nitrogens is 4. The molecule has 54 heavy (non-hydrogen) atoms. The summed E-state index contributed by atoms with van der Waals surface area (Å²) >= 11 is 0. The van der Waals surface area contributed by atoms with Gasteiger partial charge < -0.3 is 13.9 Å². The number of rotatable bonds is 6. The molecule has 0 unspecified atom stereocenters. The topological polar surface area (TPSA) is 35.9 Å². The monoisotopic (exact) mass is 887 g/mol. The summed E-state index contributed by atoms with van der Waals surface area (Å²) in [4.78, 5) is 4.82. The summed E-state index contributed by atoms with van der Waals surface area (Å²) in [7, 11) is 0. The number of hydrogen-bond donors (Lipinski definition) is 0. The SMILES string of the molecule is Cc1c(C)[n+](-c2ccc(C(C)(C)C)cc2-c2ccccc2)[c-]n1-c1[c-]c(Oc2[c-]c3c(cc2)c2ccccc2n3-c2cc(C(C)(C)C)ccn2)ccc1.[Pt]. The summed E-state index contributed by atoms with van der Waals surface area (Å²) in [6, 6.07) is 47.3. The molecule has 0 N–H and O–H groups in total. The van der Waals surface area contributed by atoms with Crippen LogP contribution in [0.25, 0.3) is 50.1 Å². The summed E-state index contributed by atoms with van der Waals surface area (Å²) in [6.45, 7) is 17.7. The Balaban J connectivity index is 0.00000450. The van der Waals surface area contributed by atoms with Gasteiger partial charge in [-0.3, -0.25) is 4.57 Å². The predicted octanol–water partition coefficient (Wildman–Crippen LogP) is 11.3. The minimum atomic E-state index is -0.0103. The van der Waals surface area contributed by atoms with Crippen LogP contribution in [0.5, 0.6) is 11.5 Å². The van der Waals surface area contributed by atoms with Gasteiger partial charge in [0, 0.05) is 50.0 Å². The van der Waals surface area contributed by atoms with Crippen LogP contribution in [0.1, 0.15) is 64.1 Å². The van der Waals surface area contributed by atoms with E-state index < -0.39 is 0 Å². The van der Waals surface area contributed by atoms with Crippen molar-refractivity contribution in [2.24, 2.45) is 0 Å². The Hall–Kier alpha value is -5.25. The summed E-state index contributed by atoms with van der Waals surface area (Å²) < 4.78 is 12.9. The third-order valence-electron chi connectivity index (χ3n) is 10.2. The van der Waals surface area contributed by atoms with Crippen molar-refractivity contribution in [3.8, 4) is 39.8 Å². The van der Waals surface area contributed by atoms with E-state index in [1.54, 1.807) is 0 Å². The summed E-state index contributed by atoms with van der Waals surface area (Å²) in [5, 5.41) is 2.24. The normalized spacial score (nSPS) is 11.9. The van der Waals surface area contributed by atoms with E-state index in [-0.39, 0.29) is 31.9 Å². The van der Waals surface area contributed by atoms with E-state index in [4.69, 9.17) is 9.72 Å². The van der Waals surface area contributed by atoms with Crippen molar-refractivity contribution >= 4 is 21.8 Å². The van der Waals surface area contributed by atoms with Crippen molar-refractivity contribution in [2.45, 2.75) is 66.2 Å². The van der Waals surface area contributed by atoms with Gasteiger partial charge in [-0.25, -0.2) is 4.98 Å². The maximum atomic E-state index is 6.52. The van der Waals surface area contributed by atoms with Gasteiger partial charge in [-0.1, -0.05) is 108 Å². The number of nitrogens with zero attached hydrogens (tertiary/aromatic N) is 4. The van der Waals surface area contributed by atoms with Crippen LogP contribution in [0.2, 0.25) is 0 Å². The molecule has 0 radical (unpaired) electrons. The second-order valence-electron chi connectivity index (χ2n) is 15.9. The Kier molecular flexibility index (Phi) is 9.74. The second-order valence-corrected chi connectivity index (χ2v) is 15.9. The third-order valence-corrected chi connectivity index (χ3v) is 10.2. The van der Waals surface area contributed by atoms with E-state index >= 15 is 0 Å². The zero-order chi connectivity index (χ0) is 37.1. The number of para-hydroxylation sites is 1. The molecular formula is C48H44N4OPt-2. The van der Waals surface area contributed by atoms with Crippen molar-refractivity contribution in [1.82, 2.24) is 14.1 Å². The Morgan fingerprint density at radius 3 is 2.13 bits per heavy atom. The quantitative estimate of drug-likeness (QED) is 0.123. The van der Waals surface area contributed by atoms with Gasteiger partial charge in [0.05, 0.1) is 11.4 Å². The molecule has 0 aliphatic carbocycles. The standard InChI is InChI=1S/C48H44N4O.Pt/c1-32-33(2)51(43-24-21-35(47(3,4)5)27-42(43)34-15-10-9-11-16-34)31-50(32)37-17-14-18-38(29-37)53-39-22-23-41-40-19-12-13-20-44(40)52(45(41)30-39)46-28-36(25-26-49-46)48(6,7)8;/h9-28H,1-8H3;/q-2;. The van der Waals surface area contributed by atoms with Gasteiger partial charge in [0.2, 0.25) is 0 Å².